The summed E-state index contributed by atoms with van der Waals surface area (Å²) in [6.45, 7) is -0.816. The van der Waals surface area contributed by atoms with Crippen LogP contribution in [-0.2, 0) is 11.3 Å². The first kappa shape index (κ1) is 8.69. The Morgan fingerprint density at radius 2 is 2.17 bits per heavy atom. The highest BCUT2D eigenvalue weighted by Gasteiger charge is 2.38. The standard InChI is InChI=1S/C5H4F3N3O/c6-5(7,8)4(12)1-11-3-9-2-10-11/h2-3H,1H2. The van der Waals surface area contributed by atoms with Crippen LogP contribution in [0, 0.1) is 0 Å². The fourth-order valence-corrected chi connectivity index (χ4v) is 0.551. The van der Waals surface area contributed by atoms with Gasteiger partial charge in [-0.2, -0.15) is 18.3 Å². The van der Waals surface area contributed by atoms with E-state index in [1.807, 2.05) is 0 Å². The normalized spacial score (nSPS) is 11.6. The summed E-state index contributed by atoms with van der Waals surface area (Å²) in [5, 5.41) is 3.35. The van der Waals surface area contributed by atoms with E-state index in [1.165, 1.54) is 0 Å². The smallest absolute Gasteiger partial charge is 0.287 e. The number of aromatic nitrogens is 3. The van der Waals surface area contributed by atoms with E-state index in [0.717, 1.165) is 17.3 Å². The highest BCUT2D eigenvalue weighted by atomic mass is 19.4. The number of hydrogen-bond acceptors (Lipinski definition) is 3. The van der Waals surface area contributed by atoms with Gasteiger partial charge in [0.25, 0.3) is 5.78 Å². The van der Waals surface area contributed by atoms with Gasteiger partial charge in [0, 0.05) is 0 Å². The first-order valence-corrected chi connectivity index (χ1v) is 2.92. The largest absolute Gasteiger partial charge is 0.451 e. The Morgan fingerprint density at radius 1 is 1.50 bits per heavy atom. The van der Waals surface area contributed by atoms with Crippen molar-refractivity contribution < 1.29 is 18.0 Å². The molecule has 0 aliphatic heterocycles. The van der Waals surface area contributed by atoms with E-state index >= 15 is 0 Å². The second-order valence-corrected chi connectivity index (χ2v) is 2.01. The summed E-state index contributed by atoms with van der Waals surface area (Å²) in [6.07, 6.45) is -2.70. The van der Waals surface area contributed by atoms with Crippen LogP contribution < -0.4 is 0 Å². The summed E-state index contributed by atoms with van der Waals surface area (Å²) in [5.41, 5.74) is 0. The van der Waals surface area contributed by atoms with Crippen LogP contribution in [0.3, 0.4) is 0 Å². The number of halogens is 3. The molecule has 0 saturated heterocycles. The van der Waals surface area contributed by atoms with Crippen LogP contribution in [0.25, 0.3) is 0 Å². The molecule has 1 rings (SSSR count). The maximum absolute atomic E-state index is 11.6. The number of rotatable bonds is 2. The molecule has 7 heteroatoms. The Labute approximate surface area is 65.0 Å². The molecule has 12 heavy (non-hydrogen) atoms. The zero-order valence-electron chi connectivity index (χ0n) is 5.75. The van der Waals surface area contributed by atoms with Gasteiger partial charge in [0.1, 0.15) is 19.2 Å². The van der Waals surface area contributed by atoms with Crippen LogP contribution in [0.5, 0.6) is 0 Å². The molecule has 0 amide bonds. The van der Waals surface area contributed by atoms with Crippen LogP contribution in [0.15, 0.2) is 12.7 Å². The SMILES string of the molecule is O=C(Cn1cncn1)C(F)(F)F. The lowest BCUT2D eigenvalue weighted by atomic mass is 10.4. The molecule has 0 unspecified atom stereocenters. The second-order valence-electron chi connectivity index (χ2n) is 2.01. The summed E-state index contributed by atoms with van der Waals surface area (Å²) in [7, 11) is 0. The maximum atomic E-state index is 11.6. The molecule has 0 saturated carbocycles. The van der Waals surface area contributed by atoms with Gasteiger partial charge in [0.05, 0.1) is 0 Å². The fraction of sp³-hybridized carbons (Fsp3) is 0.400. The molecule has 0 aliphatic rings. The molecule has 0 aromatic carbocycles. The number of carbonyl (C=O) groups is 1. The molecule has 0 fully saturated rings. The van der Waals surface area contributed by atoms with E-state index < -0.39 is 18.5 Å². The zero-order chi connectivity index (χ0) is 9.19. The van der Waals surface area contributed by atoms with Gasteiger partial charge in [-0.1, -0.05) is 0 Å². The third-order valence-electron chi connectivity index (χ3n) is 1.09. The summed E-state index contributed by atoms with van der Waals surface area (Å²) in [6, 6.07) is 0. The highest BCUT2D eigenvalue weighted by molar-refractivity contribution is 5.83. The Bertz CT molecular complexity index is 266. The lowest BCUT2D eigenvalue weighted by molar-refractivity contribution is -0.171. The molecule has 66 valence electrons. The lowest BCUT2D eigenvalue weighted by Gasteiger charge is -2.03. The van der Waals surface area contributed by atoms with Crippen LogP contribution in [0.2, 0.25) is 0 Å². The van der Waals surface area contributed by atoms with Gasteiger partial charge < -0.3 is 0 Å². The third-order valence-corrected chi connectivity index (χ3v) is 1.09. The third kappa shape index (κ3) is 2.04. The van der Waals surface area contributed by atoms with Gasteiger partial charge >= 0.3 is 6.18 Å². The molecule has 0 N–H and O–H groups in total. The molecule has 0 bridgehead atoms. The Hall–Kier alpha value is -1.40. The van der Waals surface area contributed by atoms with Crippen LogP contribution in [0.4, 0.5) is 13.2 Å². The average molecular weight is 179 g/mol. The van der Waals surface area contributed by atoms with Crippen molar-refractivity contribution in [2.24, 2.45) is 0 Å². The molecule has 0 atom stereocenters. The number of Topliss-reactive ketones (excluding diaryl/α,β-unsaturated/α-hetero) is 1. The molecular weight excluding hydrogens is 175 g/mol. The quantitative estimate of drug-likeness (QED) is 0.660. The van der Waals surface area contributed by atoms with Crippen LogP contribution in [-0.4, -0.2) is 26.7 Å². The van der Waals surface area contributed by atoms with Crippen molar-refractivity contribution in [3.63, 3.8) is 0 Å². The molecule has 1 heterocycles. The Balaban J connectivity index is 2.60. The summed E-state index contributed by atoms with van der Waals surface area (Å²) in [4.78, 5) is 13.7. The summed E-state index contributed by atoms with van der Waals surface area (Å²) >= 11 is 0. The number of alkyl halides is 3. The predicted octanol–water partition coefficient (Wildman–Crippen LogP) is 0.410. The molecule has 0 aliphatic carbocycles. The molecule has 0 spiro atoms. The predicted molar refractivity (Wildman–Crippen MR) is 31.1 cm³/mol. The monoisotopic (exact) mass is 179 g/mol. The van der Waals surface area contributed by atoms with Gasteiger partial charge in [-0.05, 0) is 0 Å². The topological polar surface area (TPSA) is 47.8 Å². The van der Waals surface area contributed by atoms with Crippen LogP contribution in [0.1, 0.15) is 0 Å². The van der Waals surface area contributed by atoms with Gasteiger partial charge in [-0.3, -0.25) is 4.79 Å². The van der Waals surface area contributed by atoms with Gasteiger partial charge in [0.2, 0.25) is 0 Å². The van der Waals surface area contributed by atoms with Crippen LogP contribution >= 0.6 is 0 Å². The molecule has 1 aromatic rings. The van der Waals surface area contributed by atoms with E-state index in [2.05, 4.69) is 10.1 Å². The van der Waals surface area contributed by atoms with Crippen molar-refractivity contribution in [2.45, 2.75) is 12.7 Å². The van der Waals surface area contributed by atoms with Gasteiger partial charge in [-0.15, -0.1) is 0 Å². The molecule has 1 aromatic heterocycles. The molecular formula is C5H4F3N3O. The molecule has 4 nitrogen and oxygen atoms in total. The number of ketones is 1. The zero-order valence-corrected chi connectivity index (χ0v) is 5.75. The minimum absolute atomic E-state index is 0.815. The van der Waals surface area contributed by atoms with Crippen molar-refractivity contribution in [1.82, 2.24) is 14.8 Å². The van der Waals surface area contributed by atoms with E-state index in [4.69, 9.17) is 0 Å². The highest BCUT2D eigenvalue weighted by Crippen LogP contribution is 2.16. The minimum Gasteiger partial charge on any atom is -0.287 e. The lowest BCUT2D eigenvalue weighted by Crippen LogP contribution is -2.27. The van der Waals surface area contributed by atoms with Crippen molar-refractivity contribution >= 4 is 5.78 Å². The minimum atomic E-state index is -4.80. The summed E-state index contributed by atoms with van der Waals surface area (Å²) in [5.74, 6) is -1.84. The first-order valence-electron chi connectivity index (χ1n) is 2.92. The van der Waals surface area contributed by atoms with Crippen molar-refractivity contribution in [3.05, 3.63) is 12.7 Å². The maximum Gasteiger partial charge on any atom is 0.451 e. The van der Waals surface area contributed by atoms with E-state index in [1.54, 1.807) is 0 Å². The Morgan fingerprint density at radius 3 is 2.58 bits per heavy atom. The van der Waals surface area contributed by atoms with E-state index in [-0.39, 0.29) is 0 Å². The number of carbonyl (C=O) groups excluding carboxylic acids is 1. The van der Waals surface area contributed by atoms with Crippen molar-refractivity contribution in [1.29, 1.82) is 0 Å². The van der Waals surface area contributed by atoms with E-state index in [9.17, 15) is 18.0 Å². The fourth-order valence-electron chi connectivity index (χ4n) is 0.551. The first-order chi connectivity index (χ1) is 5.50. The van der Waals surface area contributed by atoms with E-state index in [0.29, 0.717) is 0 Å². The number of nitrogens with zero attached hydrogens (tertiary/aromatic N) is 3. The number of hydrogen-bond donors (Lipinski definition) is 0. The van der Waals surface area contributed by atoms with Crippen molar-refractivity contribution in [3.8, 4) is 0 Å². The Kier molecular flexibility index (Phi) is 2.11. The van der Waals surface area contributed by atoms with Crippen molar-refractivity contribution in [2.75, 3.05) is 0 Å². The molecule has 0 radical (unpaired) electrons. The summed E-state index contributed by atoms with van der Waals surface area (Å²) < 4.78 is 35.7. The second kappa shape index (κ2) is 2.92. The average Bonchev–Trinajstić information content (AvgIpc) is 2.37. The van der Waals surface area contributed by atoms with Gasteiger partial charge in [0.15, 0.2) is 0 Å². The van der Waals surface area contributed by atoms with Gasteiger partial charge in [-0.25, -0.2) is 9.67 Å².